The molecule has 1 aromatic rings. The average molecular weight is 332 g/mol. The van der Waals surface area contributed by atoms with Gasteiger partial charge in [0.1, 0.15) is 5.75 Å². The summed E-state index contributed by atoms with van der Waals surface area (Å²) in [4.78, 5) is 18.1. The molecule has 0 fully saturated rings. The predicted molar refractivity (Wildman–Crippen MR) is 98.3 cm³/mol. The van der Waals surface area contributed by atoms with Crippen LogP contribution in [0.2, 0.25) is 0 Å². The fourth-order valence-electron chi connectivity index (χ4n) is 2.13. The number of hydrogen-bond donors (Lipinski definition) is 2. The van der Waals surface area contributed by atoms with Gasteiger partial charge in [-0.2, -0.15) is 0 Å². The molecule has 0 saturated carbocycles. The van der Waals surface area contributed by atoms with Gasteiger partial charge in [-0.3, -0.25) is 9.79 Å². The predicted octanol–water partition coefficient (Wildman–Crippen LogP) is 1.78. The first kappa shape index (κ1) is 19.5. The summed E-state index contributed by atoms with van der Waals surface area (Å²) in [5.74, 6) is 1.43. The van der Waals surface area contributed by atoms with Crippen LogP contribution in [0.4, 0.5) is 0 Å². The van der Waals surface area contributed by atoms with Crippen LogP contribution in [0.25, 0.3) is 0 Å². The Kier molecular flexibility index (Phi) is 9.04. The third-order valence-corrected chi connectivity index (χ3v) is 3.53. The number of methoxy groups -OCH3 is 1. The van der Waals surface area contributed by atoms with E-state index in [1.165, 1.54) is 0 Å². The summed E-state index contributed by atoms with van der Waals surface area (Å²) in [6.45, 7) is 5.25. The second-order valence-electron chi connectivity index (χ2n) is 5.38. The highest BCUT2D eigenvalue weighted by Crippen LogP contribution is 2.10. The zero-order valence-corrected chi connectivity index (χ0v) is 14.8. The molecule has 6 nitrogen and oxygen atoms in total. The van der Waals surface area contributed by atoms with Crippen LogP contribution < -0.4 is 15.4 Å². The number of amides is 1. The number of nitrogens with zero attached hydrogens (tertiary/aromatic N) is 2. The van der Waals surface area contributed by atoms with Crippen LogP contribution >= 0.6 is 0 Å². The zero-order chi connectivity index (χ0) is 17.8. The topological polar surface area (TPSA) is 66.0 Å². The lowest BCUT2D eigenvalue weighted by Crippen LogP contribution is -2.44. The Morgan fingerprint density at radius 3 is 2.62 bits per heavy atom. The van der Waals surface area contributed by atoms with Crippen LogP contribution in [0.3, 0.4) is 0 Å². The van der Waals surface area contributed by atoms with Crippen LogP contribution in [0.1, 0.15) is 18.4 Å². The third-order valence-electron chi connectivity index (χ3n) is 3.53. The fourth-order valence-corrected chi connectivity index (χ4v) is 2.13. The van der Waals surface area contributed by atoms with Crippen molar-refractivity contribution in [3.8, 4) is 5.75 Å². The minimum Gasteiger partial charge on any atom is -0.497 e. The van der Waals surface area contributed by atoms with Crippen LogP contribution in [0.15, 0.2) is 41.9 Å². The molecule has 0 heterocycles. The molecule has 132 valence electrons. The first-order valence-corrected chi connectivity index (χ1v) is 8.03. The minimum atomic E-state index is -0.0774. The van der Waals surface area contributed by atoms with Crippen molar-refractivity contribution in [2.75, 3.05) is 34.3 Å². The number of hydrogen-bond acceptors (Lipinski definition) is 3. The number of aliphatic imine (C=N–C) groups is 1. The molecule has 0 radical (unpaired) electrons. The molecule has 0 bridgehead atoms. The molecule has 0 aliphatic rings. The van der Waals surface area contributed by atoms with Gasteiger partial charge in [0.15, 0.2) is 5.96 Å². The van der Waals surface area contributed by atoms with Crippen molar-refractivity contribution < 1.29 is 9.53 Å². The molecule has 24 heavy (non-hydrogen) atoms. The van der Waals surface area contributed by atoms with Gasteiger partial charge in [-0.15, -0.1) is 6.58 Å². The van der Waals surface area contributed by atoms with Gasteiger partial charge in [0.25, 0.3) is 0 Å². The van der Waals surface area contributed by atoms with Gasteiger partial charge in [0.05, 0.1) is 13.7 Å². The normalized spacial score (nSPS) is 10.9. The molecule has 0 aromatic heterocycles. The molecule has 0 aliphatic heterocycles. The lowest BCUT2D eigenvalue weighted by Gasteiger charge is -2.21. The Labute approximate surface area is 144 Å². The summed E-state index contributed by atoms with van der Waals surface area (Å²) in [7, 11) is 5.29. The van der Waals surface area contributed by atoms with E-state index in [2.05, 4.69) is 22.2 Å². The Bertz CT molecular complexity index is 540. The Morgan fingerprint density at radius 2 is 2.04 bits per heavy atom. The number of carbonyl (C=O) groups excluding carboxylic acids is 1. The molecule has 6 heteroatoms. The molecule has 0 atom stereocenters. The summed E-state index contributed by atoms with van der Waals surface area (Å²) in [6.07, 6.45) is 3.87. The number of rotatable bonds is 9. The molecule has 0 spiro atoms. The fraction of sp³-hybridized carbons (Fsp3) is 0.444. The number of ether oxygens (including phenoxy) is 1. The van der Waals surface area contributed by atoms with E-state index < -0.39 is 0 Å². The van der Waals surface area contributed by atoms with E-state index in [0.29, 0.717) is 12.5 Å². The van der Waals surface area contributed by atoms with E-state index >= 15 is 0 Å². The Morgan fingerprint density at radius 1 is 1.33 bits per heavy atom. The maximum atomic E-state index is 12.0. The summed E-state index contributed by atoms with van der Waals surface area (Å²) in [5.41, 5.74) is 1.02. The van der Waals surface area contributed by atoms with Crippen LogP contribution in [0, 0.1) is 0 Å². The van der Waals surface area contributed by atoms with Crippen molar-refractivity contribution in [2.24, 2.45) is 4.99 Å². The van der Waals surface area contributed by atoms with E-state index in [4.69, 9.17) is 4.74 Å². The van der Waals surface area contributed by atoms with Gasteiger partial charge in [-0.25, -0.2) is 0 Å². The van der Waals surface area contributed by atoms with Crippen molar-refractivity contribution in [3.63, 3.8) is 0 Å². The minimum absolute atomic E-state index is 0.0774. The monoisotopic (exact) mass is 332 g/mol. The third kappa shape index (κ3) is 7.17. The Hall–Kier alpha value is -2.50. The molecule has 0 saturated heterocycles. The lowest BCUT2D eigenvalue weighted by molar-refractivity contribution is -0.120. The van der Waals surface area contributed by atoms with Gasteiger partial charge < -0.3 is 20.3 Å². The molecular formula is C18H28N4O2. The summed E-state index contributed by atoms with van der Waals surface area (Å²) < 4.78 is 5.11. The van der Waals surface area contributed by atoms with Gasteiger partial charge in [0, 0.05) is 27.2 Å². The van der Waals surface area contributed by atoms with Gasteiger partial charge >= 0.3 is 0 Å². The average Bonchev–Trinajstić information content (AvgIpc) is 2.61. The SMILES string of the molecule is C=CCCCN(C)C(=NC)NCC(=O)NCc1ccc(OC)cc1. The number of guanidine groups is 1. The Balaban J connectivity index is 2.34. The van der Waals surface area contributed by atoms with Crippen LogP contribution in [-0.4, -0.2) is 51.1 Å². The largest absolute Gasteiger partial charge is 0.497 e. The highest BCUT2D eigenvalue weighted by atomic mass is 16.5. The van der Waals surface area contributed by atoms with E-state index in [9.17, 15) is 4.79 Å². The molecule has 1 aromatic carbocycles. The van der Waals surface area contributed by atoms with Crippen LogP contribution in [-0.2, 0) is 11.3 Å². The highest BCUT2D eigenvalue weighted by molar-refractivity contribution is 5.86. The standard InChI is InChI=1S/C18H28N4O2/c1-5-6-7-12-22(3)18(19-2)21-14-17(23)20-13-15-8-10-16(24-4)11-9-15/h5,8-11H,1,6-7,12-14H2,2-4H3,(H,19,21)(H,20,23). The van der Waals surface area contributed by atoms with E-state index in [1.54, 1.807) is 14.2 Å². The van der Waals surface area contributed by atoms with E-state index in [-0.39, 0.29) is 12.5 Å². The zero-order valence-electron chi connectivity index (χ0n) is 14.8. The van der Waals surface area contributed by atoms with Crippen molar-refractivity contribution >= 4 is 11.9 Å². The van der Waals surface area contributed by atoms with E-state index in [0.717, 1.165) is 30.7 Å². The maximum Gasteiger partial charge on any atom is 0.239 e. The summed E-state index contributed by atoms with van der Waals surface area (Å²) in [5, 5.41) is 5.95. The number of nitrogens with one attached hydrogen (secondary N) is 2. The van der Waals surface area contributed by atoms with Gasteiger partial charge in [-0.1, -0.05) is 18.2 Å². The molecular weight excluding hydrogens is 304 g/mol. The second kappa shape index (κ2) is 11.1. The molecule has 1 rings (SSSR count). The van der Waals surface area contributed by atoms with Gasteiger partial charge in [-0.05, 0) is 30.5 Å². The second-order valence-corrected chi connectivity index (χ2v) is 5.38. The van der Waals surface area contributed by atoms with Crippen molar-refractivity contribution in [1.82, 2.24) is 15.5 Å². The van der Waals surface area contributed by atoms with Gasteiger partial charge in [0.2, 0.25) is 5.91 Å². The quantitative estimate of drug-likeness (QED) is 0.313. The summed E-state index contributed by atoms with van der Waals surface area (Å²) in [6, 6.07) is 7.61. The molecule has 0 aliphatic carbocycles. The van der Waals surface area contributed by atoms with E-state index in [1.807, 2.05) is 42.3 Å². The first-order valence-electron chi connectivity index (χ1n) is 8.03. The lowest BCUT2D eigenvalue weighted by atomic mass is 10.2. The maximum absolute atomic E-state index is 12.0. The molecule has 2 N–H and O–H groups in total. The number of carbonyl (C=O) groups is 1. The van der Waals surface area contributed by atoms with Crippen molar-refractivity contribution in [3.05, 3.63) is 42.5 Å². The first-order chi connectivity index (χ1) is 11.6. The van der Waals surface area contributed by atoms with Crippen molar-refractivity contribution in [1.29, 1.82) is 0 Å². The molecule has 0 unspecified atom stereocenters. The smallest absolute Gasteiger partial charge is 0.239 e. The van der Waals surface area contributed by atoms with Crippen LogP contribution in [0.5, 0.6) is 5.75 Å². The highest BCUT2D eigenvalue weighted by Gasteiger charge is 2.07. The number of allylic oxidation sites excluding steroid dienone is 1. The number of benzene rings is 1. The molecule has 1 amide bonds. The van der Waals surface area contributed by atoms with Crippen molar-refractivity contribution in [2.45, 2.75) is 19.4 Å². The summed E-state index contributed by atoms with van der Waals surface area (Å²) >= 11 is 0. The number of unbranched alkanes of at least 4 members (excludes halogenated alkanes) is 1.